The Balaban J connectivity index is 1.82. The fourth-order valence-electron chi connectivity index (χ4n) is 4.10. The molecule has 1 aliphatic rings. The van der Waals surface area contributed by atoms with E-state index in [0.29, 0.717) is 0 Å². The van der Waals surface area contributed by atoms with Crippen molar-refractivity contribution in [2.75, 3.05) is 22.6 Å². The second kappa shape index (κ2) is 8.60. The van der Waals surface area contributed by atoms with Crippen LogP contribution in [-0.4, -0.2) is 24.6 Å². The summed E-state index contributed by atoms with van der Waals surface area (Å²) in [5, 5.41) is 0. The lowest BCUT2D eigenvalue weighted by atomic mass is 9.98. The van der Waals surface area contributed by atoms with Crippen LogP contribution in [-0.2, 0) is 9.59 Å². The van der Waals surface area contributed by atoms with Gasteiger partial charge in [0.2, 0.25) is 5.91 Å². The minimum absolute atomic E-state index is 0.0221. The number of rotatable bonds is 4. The van der Waals surface area contributed by atoms with Gasteiger partial charge in [0.15, 0.2) is 0 Å². The molecule has 5 heteroatoms. The number of nitrogens with zero attached hydrogens (tertiary/aromatic N) is 2. The van der Waals surface area contributed by atoms with Crippen LogP contribution in [0.4, 0.5) is 11.4 Å². The molecule has 1 saturated heterocycles. The zero-order valence-electron chi connectivity index (χ0n) is 18.3. The summed E-state index contributed by atoms with van der Waals surface area (Å²) in [5.41, 5.74) is 5.56. The van der Waals surface area contributed by atoms with Gasteiger partial charge < -0.3 is 4.90 Å². The number of aryl methyl sites for hydroxylation is 3. The van der Waals surface area contributed by atoms with Gasteiger partial charge in [-0.25, -0.2) is 0 Å². The van der Waals surface area contributed by atoms with E-state index in [-0.39, 0.29) is 18.4 Å². The van der Waals surface area contributed by atoms with Crippen molar-refractivity contribution in [2.24, 2.45) is 0 Å². The molecule has 158 valence electrons. The molecule has 0 bridgehead atoms. The Morgan fingerprint density at radius 2 is 1.39 bits per heavy atom. The number of benzene rings is 3. The smallest absolute Gasteiger partial charge is 0.255 e. The topological polar surface area (TPSA) is 40.6 Å². The maximum absolute atomic E-state index is 13.8. The maximum atomic E-state index is 13.8. The summed E-state index contributed by atoms with van der Waals surface area (Å²) < 4.78 is 0. The number of carbonyl (C=O) groups is 2. The van der Waals surface area contributed by atoms with Gasteiger partial charge in [0.25, 0.3) is 5.91 Å². The van der Waals surface area contributed by atoms with E-state index in [2.05, 4.69) is 6.07 Å². The lowest BCUT2D eigenvalue weighted by molar-refractivity contribution is -0.128. The van der Waals surface area contributed by atoms with Crippen LogP contribution in [0.3, 0.4) is 0 Å². The van der Waals surface area contributed by atoms with Crippen molar-refractivity contribution in [3.63, 3.8) is 0 Å². The molecule has 0 saturated carbocycles. The molecule has 0 spiro atoms. The van der Waals surface area contributed by atoms with E-state index in [9.17, 15) is 9.59 Å². The first-order valence-electron chi connectivity index (χ1n) is 10.3. The van der Waals surface area contributed by atoms with E-state index in [4.69, 9.17) is 0 Å². The first-order valence-corrected chi connectivity index (χ1v) is 11.5. The number of carbonyl (C=O) groups excluding carboxylic acids is 2. The molecule has 1 aliphatic heterocycles. The minimum Gasteiger partial charge on any atom is -0.301 e. The Kier molecular flexibility index (Phi) is 5.88. The van der Waals surface area contributed by atoms with Gasteiger partial charge in [0, 0.05) is 16.3 Å². The summed E-state index contributed by atoms with van der Waals surface area (Å²) >= 11 is 1.65. The molecule has 31 heavy (non-hydrogen) atoms. The minimum atomic E-state index is -0.709. The van der Waals surface area contributed by atoms with Gasteiger partial charge in [-0.3, -0.25) is 14.5 Å². The number of amides is 2. The number of piperazine rings is 1. The summed E-state index contributed by atoms with van der Waals surface area (Å²) in [6.45, 7) is 6.04. The zero-order valence-corrected chi connectivity index (χ0v) is 19.1. The molecule has 4 rings (SSSR count). The van der Waals surface area contributed by atoms with E-state index < -0.39 is 6.04 Å². The van der Waals surface area contributed by atoms with Crippen molar-refractivity contribution in [2.45, 2.75) is 31.7 Å². The molecule has 3 aromatic rings. The molecule has 0 aliphatic carbocycles. The first-order chi connectivity index (χ1) is 14.9. The molecule has 3 aromatic carbocycles. The standard InChI is InChI=1S/C26H26N2O2S/c1-17-5-9-21(10-6-17)27-16-24(29)28(22-14-18(2)13-19(3)15-22)25(26(27)30)20-7-11-23(31-4)12-8-20/h5-15,25H,16H2,1-4H3/t25-/m1/s1. The van der Waals surface area contributed by atoms with Crippen molar-refractivity contribution in [1.82, 2.24) is 0 Å². The molecule has 1 fully saturated rings. The Labute approximate surface area is 187 Å². The van der Waals surface area contributed by atoms with Crippen LogP contribution in [0.25, 0.3) is 0 Å². The monoisotopic (exact) mass is 430 g/mol. The van der Waals surface area contributed by atoms with E-state index in [0.717, 1.165) is 38.5 Å². The normalized spacial score (nSPS) is 16.7. The van der Waals surface area contributed by atoms with Crippen LogP contribution >= 0.6 is 11.8 Å². The second-order valence-corrected chi connectivity index (χ2v) is 8.92. The summed E-state index contributed by atoms with van der Waals surface area (Å²) in [5.74, 6) is -0.191. The van der Waals surface area contributed by atoms with Crippen LogP contribution in [0.15, 0.2) is 71.6 Å². The highest BCUT2D eigenvalue weighted by atomic mass is 32.2. The van der Waals surface area contributed by atoms with Gasteiger partial charge in [-0.05, 0) is 80.1 Å². The summed E-state index contributed by atoms with van der Waals surface area (Å²) in [7, 11) is 0. The van der Waals surface area contributed by atoms with Gasteiger partial charge in [-0.1, -0.05) is 35.9 Å². The Morgan fingerprint density at radius 1 is 0.774 bits per heavy atom. The highest BCUT2D eigenvalue weighted by Crippen LogP contribution is 2.36. The van der Waals surface area contributed by atoms with E-state index in [1.165, 1.54) is 0 Å². The van der Waals surface area contributed by atoms with Gasteiger partial charge in [-0.15, -0.1) is 11.8 Å². The van der Waals surface area contributed by atoms with Crippen LogP contribution in [0.5, 0.6) is 0 Å². The average Bonchev–Trinajstić information content (AvgIpc) is 2.75. The molecule has 4 nitrogen and oxygen atoms in total. The molecular weight excluding hydrogens is 404 g/mol. The van der Waals surface area contributed by atoms with Crippen molar-refractivity contribution < 1.29 is 9.59 Å². The highest BCUT2D eigenvalue weighted by Gasteiger charge is 2.41. The molecule has 0 radical (unpaired) electrons. The van der Waals surface area contributed by atoms with Crippen molar-refractivity contribution >= 4 is 35.0 Å². The van der Waals surface area contributed by atoms with Crippen LogP contribution in [0.1, 0.15) is 28.3 Å². The molecular formula is C26H26N2O2S. The number of hydrogen-bond donors (Lipinski definition) is 0. The maximum Gasteiger partial charge on any atom is 0.255 e. The number of hydrogen-bond acceptors (Lipinski definition) is 3. The molecule has 1 atom stereocenters. The SMILES string of the molecule is CSc1ccc([C@@H]2C(=O)N(c3ccc(C)cc3)CC(=O)N2c2cc(C)cc(C)c2)cc1. The summed E-state index contributed by atoms with van der Waals surface area (Å²) in [6, 6.07) is 21.0. The fourth-order valence-corrected chi connectivity index (χ4v) is 4.50. The Hall–Kier alpha value is -3.05. The lowest BCUT2D eigenvalue weighted by Crippen LogP contribution is -2.56. The van der Waals surface area contributed by atoms with E-state index >= 15 is 0 Å². The third-order valence-corrected chi connectivity index (χ3v) is 6.33. The quantitative estimate of drug-likeness (QED) is 0.517. The molecule has 0 aromatic heterocycles. The third-order valence-electron chi connectivity index (χ3n) is 5.58. The van der Waals surface area contributed by atoms with E-state index in [1.54, 1.807) is 21.6 Å². The fraction of sp³-hybridized carbons (Fsp3) is 0.231. The predicted molar refractivity (Wildman–Crippen MR) is 128 cm³/mol. The van der Waals surface area contributed by atoms with Crippen LogP contribution < -0.4 is 9.80 Å². The number of thioether (sulfide) groups is 1. The predicted octanol–water partition coefficient (Wildman–Crippen LogP) is 5.45. The van der Waals surface area contributed by atoms with Gasteiger partial charge >= 0.3 is 0 Å². The molecule has 0 unspecified atom stereocenters. The molecule has 0 N–H and O–H groups in total. The van der Waals surface area contributed by atoms with Crippen molar-refractivity contribution in [3.05, 3.63) is 89.0 Å². The van der Waals surface area contributed by atoms with Crippen LogP contribution in [0.2, 0.25) is 0 Å². The average molecular weight is 431 g/mol. The summed E-state index contributed by atoms with van der Waals surface area (Å²) in [4.78, 5) is 31.6. The molecule has 1 heterocycles. The van der Waals surface area contributed by atoms with E-state index in [1.807, 2.05) is 87.7 Å². The highest BCUT2D eigenvalue weighted by molar-refractivity contribution is 7.98. The van der Waals surface area contributed by atoms with Gasteiger partial charge in [0.05, 0.1) is 0 Å². The third kappa shape index (κ3) is 4.23. The van der Waals surface area contributed by atoms with Crippen molar-refractivity contribution in [1.29, 1.82) is 0 Å². The lowest BCUT2D eigenvalue weighted by Gasteiger charge is -2.40. The van der Waals surface area contributed by atoms with Gasteiger partial charge in [-0.2, -0.15) is 0 Å². The second-order valence-electron chi connectivity index (χ2n) is 8.05. The zero-order chi connectivity index (χ0) is 22.1. The Bertz CT molecular complexity index is 1100. The summed E-state index contributed by atoms with van der Waals surface area (Å²) in [6.07, 6.45) is 2.02. The largest absolute Gasteiger partial charge is 0.301 e. The molecule has 2 amide bonds. The van der Waals surface area contributed by atoms with Crippen molar-refractivity contribution in [3.8, 4) is 0 Å². The number of anilines is 2. The first kappa shape index (κ1) is 21.2. The van der Waals surface area contributed by atoms with Gasteiger partial charge in [0.1, 0.15) is 12.6 Å². The Morgan fingerprint density at radius 3 is 1.97 bits per heavy atom. The van der Waals surface area contributed by atoms with Crippen LogP contribution in [0, 0.1) is 20.8 Å².